The van der Waals surface area contributed by atoms with E-state index in [1.807, 2.05) is 13.0 Å². The molecule has 1 atom stereocenters. The van der Waals surface area contributed by atoms with Crippen molar-refractivity contribution in [1.29, 1.82) is 0 Å². The van der Waals surface area contributed by atoms with Gasteiger partial charge in [0.25, 0.3) is 0 Å². The second-order valence-corrected chi connectivity index (χ2v) is 5.45. The molecule has 4 nitrogen and oxygen atoms in total. The molecule has 1 aromatic heterocycles. The highest BCUT2D eigenvalue weighted by Crippen LogP contribution is 2.28. The van der Waals surface area contributed by atoms with E-state index in [9.17, 15) is 4.39 Å². The second-order valence-electron chi connectivity index (χ2n) is 5.45. The molecule has 1 saturated heterocycles. The van der Waals surface area contributed by atoms with Gasteiger partial charge in [-0.15, -0.1) is 0 Å². The van der Waals surface area contributed by atoms with Gasteiger partial charge in [0.2, 0.25) is 0 Å². The summed E-state index contributed by atoms with van der Waals surface area (Å²) in [5.74, 6) is 1.05. The zero-order valence-corrected chi connectivity index (χ0v) is 12.3. The minimum atomic E-state index is -0.293. The normalized spacial score (nSPS) is 19.1. The highest BCUT2D eigenvalue weighted by Gasteiger charge is 2.22. The number of benzene rings is 1. The lowest BCUT2D eigenvalue weighted by Crippen LogP contribution is -2.37. The Bertz CT molecular complexity index is 619. The number of halogens is 1. The van der Waals surface area contributed by atoms with Crippen molar-refractivity contribution in [2.75, 3.05) is 31.2 Å². The van der Waals surface area contributed by atoms with Crippen LogP contribution >= 0.6 is 0 Å². The molecule has 3 rings (SSSR count). The van der Waals surface area contributed by atoms with Gasteiger partial charge in [-0.3, -0.25) is 0 Å². The number of hydrogen-bond donors (Lipinski definition) is 0. The van der Waals surface area contributed by atoms with E-state index in [0.29, 0.717) is 11.4 Å². The van der Waals surface area contributed by atoms with Crippen LogP contribution in [0.4, 0.5) is 10.2 Å². The van der Waals surface area contributed by atoms with E-state index in [1.54, 1.807) is 6.07 Å². The highest BCUT2D eigenvalue weighted by molar-refractivity contribution is 5.89. The summed E-state index contributed by atoms with van der Waals surface area (Å²) in [5.41, 5.74) is 0.398. The molecule has 1 aliphatic rings. The maximum atomic E-state index is 13.8. The van der Waals surface area contributed by atoms with Gasteiger partial charge in [0.1, 0.15) is 23.5 Å². The number of ether oxygens (including phenoxy) is 1. The minimum absolute atomic E-state index is 0.293. The number of piperidine rings is 1. The third-order valence-electron chi connectivity index (χ3n) is 3.97. The molecule has 1 unspecified atom stereocenters. The average molecular weight is 289 g/mol. The summed E-state index contributed by atoms with van der Waals surface area (Å²) in [6.07, 6.45) is 3.74. The number of nitrogens with zero attached hydrogens (tertiary/aromatic N) is 3. The van der Waals surface area contributed by atoms with Crippen molar-refractivity contribution in [1.82, 2.24) is 9.97 Å². The molecule has 1 aliphatic heterocycles. The summed E-state index contributed by atoms with van der Waals surface area (Å²) < 4.78 is 19.4. The Hall–Kier alpha value is -1.75. The predicted molar refractivity (Wildman–Crippen MR) is 80.9 cm³/mol. The van der Waals surface area contributed by atoms with E-state index < -0.39 is 0 Å². The van der Waals surface area contributed by atoms with Crippen LogP contribution in [0.25, 0.3) is 10.9 Å². The number of aromatic nitrogens is 2. The summed E-state index contributed by atoms with van der Waals surface area (Å²) in [5, 5.41) is 0.787. The third kappa shape index (κ3) is 2.97. The molecule has 1 fully saturated rings. The van der Waals surface area contributed by atoms with Crippen molar-refractivity contribution in [3.63, 3.8) is 0 Å². The Balaban J connectivity index is 1.88. The quantitative estimate of drug-likeness (QED) is 0.867. The van der Waals surface area contributed by atoms with Gasteiger partial charge >= 0.3 is 0 Å². The molecule has 0 aliphatic carbocycles. The van der Waals surface area contributed by atoms with Crippen LogP contribution in [0.5, 0.6) is 0 Å². The first kappa shape index (κ1) is 14.2. The van der Waals surface area contributed by atoms with E-state index in [2.05, 4.69) is 14.9 Å². The number of rotatable bonds is 4. The maximum Gasteiger partial charge on any atom is 0.149 e. The molecule has 21 heavy (non-hydrogen) atoms. The van der Waals surface area contributed by atoms with E-state index in [0.717, 1.165) is 43.9 Å². The van der Waals surface area contributed by atoms with Crippen molar-refractivity contribution in [3.05, 3.63) is 30.3 Å². The van der Waals surface area contributed by atoms with Crippen LogP contribution in [0.1, 0.15) is 19.8 Å². The number of hydrogen-bond acceptors (Lipinski definition) is 4. The molecule has 112 valence electrons. The first-order valence-electron chi connectivity index (χ1n) is 7.51. The largest absolute Gasteiger partial charge is 0.381 e. The molecule has 5 heteroatoms. The summed E-state index contributed by atoms with van der Waals surface area (Å²) in [4.78, 5) is 10.7. The van der Waals surface area contributed by atoms with E-state index >= 15 is 0 Å². The highest BCUT2D eigenvalue weighted by atomic mass is 19.1. The van der Waals surface area contributed by atoms with Crippen LogP contribution in [-0.2, 0) is 4.74 Å². The Morgan fingerprint density at radius 3 is 3.14 bits per heavy atom. The Morgan fingerprint density at radius 1 is 1.38 bits per heavy atom. The van der Waals surface area contributed by atoms with Gasteiger partial charge in [-0.25, -0.2) is 14.4 Å². The van der Waals surface area contributed by atoms with Crippen molar-refractivity contribution in [3.8, 4) is 0 Å². The predicted octanol–water partition coefficient (Wildman–Crippen LogP) is 3.02. The third-order valence-corrected chi connectivity index (χ3v) is 3.97. The van der Waals surface area contributed by atoms with Crippen LogP contribution < -0.4 is 4.90 Å². The SMILES string of the molecule is CCOCC1CCCN(c2ncnc3c(F)cccc23)C1. The van der Waals surface area contributed by atoms with Crippen LogP contribution in [-0.4, -0.2) is 36.3 Å². The first-order chi connectivity index (χ1) is 10.3. The van der Waals surface area contributed by atoms with Crippen molar-refractivity contribution in [2.45, 2.75) is 19.8 Å². The van der Waals surface area contributed by atoms with Gasteiger partial charge in [-0.2, -0.15) is 0 Å². The van der Waals surface area contributed by atoms with Crippen LogP contribution in [0.3, 0.4) is 0 Å². The fourth-order valence-electron chi connectivity index (χ4n) is 2.97. The molecule has 0 spiro atoms. The van der Waals surface area contributed by atoms with E-state index in [-0.39, 0.29) is 5.82 Å². The van der Waals surface area contributed by atoms with Crippen LogP contribution in [0, 0.1) is 11.7 Å². The molecule has 2 heterocycles. The number of fused-ring (bicyclic) bond motifs is 1. The molecule has 0 N–H and O–H groups in total. The zero-order chi connectivity index (χ0) is 14.7. The summed E-state index contributed by atoms with van der Waals surface area (Å²) in [6, 6.07) is 5.04. The lowest BCUT2D eigenvalue weighted by molar-refractivity contribution is 0.104. The van der Waals surface area contributed by atoms with Crippen molar-refractivity contribution in [2.24, 2.45) is 5.92 Å². The summed E-state index contributed by atoms with van der Waals surface area (Å²) >= 11 is 0. The second kappa shape index (κ2) is 6.35. The first-order valence-corrected chi connectivity index (χ1v) is 7.51. The van der Waals surface area contributed by atoms with Gasteiger partial charge in [0.05, 0.1) is 6.61 Å². The van der Waals surface area contributed by atoms with Gasteiger partial charge in [-0.05, 0) is 37.8 Å². The average Bonchev–Trinajstić information content (AvgIpc) is 2.53. The molecule has 0 saturated carbocycles. The van der Waals surface area contributed by atoms with Crippen LogP contribution in [0.2, 0.25) is 0 Å². The Morgan fingerprint density at radius 2 is 2.29 bits per heavy atom. The fourth-order valence-corrected chi connectivity index (χ4v) is 2.97. The number of para-hydroxylation sites is 1. The molecule has 1 aromatic carbocycles. The topological polar surface area (TPSA) is 38.2 Å². The summed E-state index contributed by atoms with van der Waals surface area (Å²) in [6.45, 7) is 5.40. The monoisotopic (exact) mass is 289 g/mol. The van der Waals surface area contributed by atoms with Gasteiger partial charge < -0.3 is 9.64 Å². The van der Waals surface area contributed by atoms with Gasteiger partial charge in [-0.1, -0.05) is 6.07 Å². The molecule has 0 amide bonds. The van der Waals surface area contributed by atoms with E-state index in [4.69, 9.17) is 4.74 Å². The molecule has 0 radical (unpaired) electrons. The Labute approximate surface area is 124 Å². The van der Waals surface area contributed by atoms with Crippen LogP contribution in [0.15, 0.2) is 24.5 Å². The fraction of sp³-hybridized carbons (Fsp3) is 0.500. The zero-order valence-electron chi connectivity index (χ0n) is 12.3. The maximum absolute atomic E-state index is 13.8. The standard InChI is InChI=1S/C16H20FN3O/c1-2-21-10-12-5-4-8-20(9-12)16-13-6-3-7-14(17)15(13)18-11-19-16/h3,6-7,11-12H,2,4-5,8-10H2,1H3. The minimum Gasteiger partial charge on any atom is -0.381 e. The van der Waals surface area contributed by atoms with Gasteiger partial charge in [0, 0.05) is 25.1 Å². The molecule has 2 aromatic rings. The van der Waals surface area contributed by atoms with Crippen molar-refractivity contribution >= 4 is 16.7 Å². The van der Waals surface area contributed by atoms with E-state index in [1.165, 1.54) is 18.8 Å². The van der Waals surface area contributed by atoms with Gasteiger partial charge in [0.15, 0.2) is 0 Å². The molecular weight excluding hydrogens is 269 g/mol. The Kier molecular flexibility index (Phi) is 4.29. The smallest absolute Gasteiger partial charge is 0.149 e. The molecular formula is C16H20FN3O. The lowest BCUT2D eigenvalue weighted by Gasteiger charge is -2.33. The summed E-state index contributed by atoms with van der Waals surface area (Å²) in [7, 11) is 0. The van der Waals surface area contributed by atoms with Crippen molar-refractivity contribution < 1.29 is 9.13 Å². The number of anilines is 1. The lowest BCUT2D eigenvalue weighted by atomic mass is 9.98. The molecule has 0 bridgehead atoms.